The molecule has 9 aromatic rings. The van der Waals surface area contributed by atoms with Crippen LogP contribution in [-0.4, -0.2) is 0 Å². The van der Waals surface area contributed by atoms with Crippen LogP contribution in [0, 0.1) is 0 Å². The second-order valence-corrected chi connectivity index (χ2v) is 10.9. The molecule has 8 aromatic carbocycles. The fraction of sp³-hybridized carbons (Fsp3) is 0. The fourth-order valence-corrected chi connectivity index (χ4v) is 6.61. The molecular formula is C42H26O. The average Bonchev–Trinajstić information content (AvgIpc) is 3.48. The average molecular weight is 551 g/mol. The maximum Gasteiger partial charge on any atom is 0.136 e. The number of para-hydroxylation sites is 1. The molecule has 1 aromatic heterocycles. The summed E-state index contributed by atoms with van der Waals surface area (Å²) in [5.41, 5.74) is 5.69. The largest absolute Gasteiger partial charge is 0.456 e. The maximum absolute atomic E-state index is 9.38. The van der Waals surface area contributed by atoms with Crippen LogP contribution >= 0.6 is 0 Å². The summed E-state index contributed by atoms with van der Waals surface area (Å²) in [6.45, 7) is 0. The van der Waals surface area contributed by atoms with Gasteiger partial charge in [-0.15, -0.1) is 0 Å². The number of fused-ring (bicyclic) bond motifs is 6. The number of furan rings is 1. The highest BCUT2D eigenvalue weighted by Gasteiger charge is 2.18. The molecule has 0 spiro atoms. The molecule has 1 heterocycles. The number of rotatable bonds is 3. The summed E-state index contributed by atoms with van der Waals surface area (Å²) in [6.07, 6.45) is 0. The van der Waals surface area contributed by atoms with Crippen LogP contribution in [0.25, 0.3) is 87.6 Å². The Hall–Kier alpha value is -5.66. The predicted molar refractivity (Wildman–Crippen MR) is 183 cm³/mol. The van der Waals surface area contributed by atoms with Crippen molar-refractivity contribution in [1.82, 2.24) is 0 Å². The topological polar surface area (TPSA) is 13.1 Å². The molecule has 0 bridgehead atoms. The SMILES string of the molecule is [2H]c1c([2H])c(-c2c3ccccc3c(-c3ccc4c(c3)oc3ccccc34)c3ccccc23)c([2H])c([2H])c1-c1cccc2ccccc12. The summed E-state index contributed by atoms with van der Waals surface area (Å²) in [5.74, 6) is 0. The van der Waals surface area contributed by atoms with Gasteiger partial charge in [-0.2, -0.15) is 0 Å². The first-order valence-corrected chi connectivity index (χ1v) is 14.4. The highest BCUT2D eigenvalue weighted by Crippen LogP contribution is 2.45. The molecule has 0 saturated carbocycles. The zero-order valence-corrected chi connectivity index (χ0v) is 23.1. The number of hydrogen-bond acceptors (Lipinski definition) is 1. The van der Waals surface area contributed by atoms with Crippen LogP contribution in [0.2, 0.25) is 0 Å². The van der Waals surface area contributed by atoms with Gasteiger partial charge >= 0.3 is 0 Å². The maximum atomic E-state index is 9.38. The molecule has 0 saturated heterocycles. The Balaban J connectivity index is 1.35. The second-order valence-electron chi connectivity index (χ2n) is 10.9. The third-order valence-electron chi connectivity index (χ3n) is 8.53. The van der Waals surface area contributed by atoms with Gasteiger partial charge in [0.15, 0.2) is 0 Å². The first-order valence-electron chi connectivity index (χ1n) is 16.4. The van der Waals surface area contributed by atoms with Gasteiger partial charge in [-0.1, -0.05) is 139 Å². The Morgan fingerprint density at radius 1 is 0.372 bits per heavy atom. The van der Waals surface area contributed by atoms with Crippen molar-refractivity contribution < 1.29 is 9.90 Å². The van der Waals surface area contributed by atoms with Crippen molar-refractivity contribution >= 4 is 54.3 Å². The highest BCUT2D eigenvalue weighted by atomic mass is 16.3. The molecule has 0 radical (unpaired) electrons. The zero-order chi connectivity index (χ0) is 31.8. The molecule has 0 unspecified atom stereocenters. The summed E-state index contributed by atoms with van der Waals surface area (Å²) < 4.78 is 43.5. The van der Waals surface area contributed by atoms with Gasteiger partial charge in [0, 0.05) is 10.8 Å². The van der Waals surface area contributed by atoms with Crippen molar-refractivity contribution in [3.63, 3.8) is 0 Å². The normalized spacial score (nSPS) is 13.0. The molecule has 0 amide bonds. The van der Waals surface area contributed by atoms with Gasteiger partial charge < -0.3 is 4.42 Å². The summed E-state index contributed by atoms with van der Waals surface area (Å²) in [7, 11) is 0. The predicted octanol–water partition coefficient (Wildman–Crippen LogP) is 12.0. The van der Waals surface area contributed by atoms with Gasteiger partial charge in [0.05, 0.1) is 5.48 Å². The molecule has 200 valence electrons. The van der Waals surface area contributed by atoms with Crippen LogP contribution in [0.15, 0.2) is 162 Å². The lowest BCUT2D eigenvalue weighted by atomic mass is 9.85. The van der Waals surface area contributed by atoms with Crippen LogP contribution in [0.4, 0.5) is 0 Å². The van der Waals surface area contributed by atoms with E-state index in [4.69, 9.17) is 4.42 Å². The molecule has 43 heavy (non-hydrogen) atoms. The first kappa shape index (κ1) is 20.3. The number of benzene rings is 8. The van der Waals surface area contributed by atoms with Crippen LogP contribution in [0.1, 0.15) is 5.48 Å². The molecular weight excluding hydrogens is 520 g/mol. The lowest BCUT2D eigenvalue weighted by molar-refractivity contribution is 0.669. The minimum atomic E-state index is -0.0549. The van der Waals surface area contributed by atoms with E-state index in [1.165, 1.54) is 0 Å². The monoisotopic (exact) mass is 550 g/mol. The standard InChI is InChI=1S/C42H26O/c1-2-12-31-27(10-1)11-9-18-32(31)28-20-22-29(23-21-28)41-35-14-3-5-16-37(35)42(38-17-6-4-15-36(38)41)30-24-25-34-33-13-7-8-19-39(33)43-40(34)26-30/h1-26H/i20D,21D,22D,23D. The molecule has 0 aliphatic heterocycles. The molecule has 0 atom stereocenters. The van der Waals surface area contributed by atoms with Crippen molar-refractivity contribution in [3.05, 3.63) is 158 Å². The number of hydrogen-bond donors (Lipinski definition) is 0. The fourth-order valence-electron chi connectivity index (χ4n) is 6.61. The molecule has 9 rings (SSSR count). The van der Waals surface area contributed by atoms with Crippen LogP contribution < -0.4 is 0 Å². The summed E-state index contributed by atoms with van der Waals surface area (Å²) >= 11 is 0. The van der Waals surface area contributed by atoms with Gasteiger partial charge in [-0.3, -0.25) is 0 Å². The molecule has 1 heteroatoms. The molecule has 0 fully saturated rings. The van der Waals surface area contributed by atoms with E-state index in [2.05, 4.69) is 36.4 Å². The van der Waals surface area contributed by atoms with E-state index < -0.39 is 0 Å². The Labute approximate surface area is 254 Å². The van der Waals surface area contributed by atoms with E-state index in [0.29, 0.717) is 22.3 Å². The third-order valence-corrected chi connectivity index (χ3v) is 8.53. The van der Waals surface area contributed by atoms with E-state index in [-0.39, 0.29) is 24.2 Å². The first-order chi connectivity index (χ1) is 23.0. The Morgan fingerprint density at radius 3 is 1.58 bits per heavy atom. The van der Waals surface area contributed by atoms with Gasteiger partial charge in [-0.05, 0) is 83.9 Å². The summed E-state index contributed by atoms with van der Waals surface area (Å²) in [4.78, 5) is 0. The molecule has 1 nitrogen and oxygen atoms in total. The van der Waals surface area contributed by atoms with Crippen molar-refractivity contribution in [2.24, 2.45) is 0 Å². The second kappa shape index (κ2) is 9.44. The summed E-state index contributed by atoms with van der Waals surface area (Å²) in [6, 6.07) is 43.9. The quantitative estimate of drug-likeness (QED) is 0.199. The van der Waals surface area contributed by atoms with Crippen molar-refractivity contribution in [2.45, 2.75) is 0 Å². The minimum Gasteiger partial charge on any atom is -0.456 e. The third kappa shape index (κ3) is 3.72. The summed E-state index contributed by atoms with van der Waals surface area (Å²) in [5, 5.41) is 7.68. The Bertz CT molecular complexity index is 2650. The van der Waals surface area contributed by atoms with Gasteiger partial charge in [0.2, 0.25) is 0 Å². The van der Waals surface area contributed by atoms with E-state index in [9.17, 15) is 5.48 Å². The zero-order valence-electron chi connectivity index (χ0n) is 27.1. The lowest BCUT2D eigenvalue weighted by Crippen LogP contribution is -1.91. The smallest absolute Gasteiger partial charge is 0.136 e. The van der Waals surface area contributed by atoms with E-state index in [1.54, 1.807) is 0 Å². The molecule has 0 N–H and O–H groups in total. The minimum absolute atomic E-state index is 0.0510. The van der Waals surface area contributed by atoms with Gasteiger partial charge in [0.1, 0.15) is 11.2 Å². The molecule has 0 aliphatic carbocycles. The van der Waals surface area contributed by atoms with Crippen molar-refractivity contribution in [3.8, 4) is 33.4 Å². The lowest BCUT2D eigenvalue weighted by Gasteiger charge is -2.18. The van der Waals surface area contributed by atoms with Crippen molar-refractivity contribution in [2.75, 3.05) is 0 Å². The van der Waals surface area contributed by atoms with Crippen LogP contribution in [0.5, 0.6) is 0 Å². The Kier molecular flexibility index (Phi) is 4.45. The van der Waals surface area contributed by atoms with E-state index in [1.807, 2.05) is 97.1 Å². The van der Waals surface area contributed by atoms with Crippen molar-refractivity contribution in [1.29, 1.82) is 0 Å². The van der Waals surface area contributed by atoms with Gasteiger partial charge in [0.25, 0.3) is 0 Å². The molecule has 0 aliphatic rings. The van der Waals surface area contributed by atoms with Crippen LogP contribution in [-0.2, 0) is 0 Å². The van der Waals surface area contributed by atoms with Gasteiger partial charge in [-0.25, -0.2) is 0 Å². The Morgan fingerprint density at radius 2 is 0.884 bits per heavy atom. The van der Waals surface area contributed by atoms with E-state index >= 15 is 0 Å². The van der Waals surface area contributed by atoms with E-state index in [0.717, 1.165) is 65.4 Å². The highest BCUT2D eigenvalue weighted by molar-refractivity contribution is 6.22. The van der Waals surface area contributed by atoms with Crippen LogP contribution in [0.3, 0.4) is 0 Å².